The van der Waals surface area contributed by atoms with Gasteiger partial charge in [-0.3, -0.25) is 9.36 Å². The molecule has 8 heteroatoms. The van der Waals surface area contributed by atoms with E-state index in [9.17, 15) is 4.79 Å². The first-order valence-electron chi connectivity index (χ1n) is 10.5. The topological polar surface area (TPSA) is 72.2 Å². The van der Waals surface area contributed by atoms with Crippen LogP contribution in [-0.2, 0) is 4.79 Å². The Labute approximate surface area is 207 Å². The van der Waals surface area contributed by atoms with Crippen molar-refractivity contribution in [3.63, 3.8) is 0 Å². The van der Waals surface area contributed by atoms with E-state index < -0.39 is 0 Å². The van der Waals surface area contributed by atoms with Gasteiger partial charge in [-0.15, -0.1) is 10.2 Å². The number of halogens is 1. The zero-order chi connectivity index (χ0) is 23.8. The van der Waals surface area contributed by atoms with E-state index in [-0.39, 0.29) is 11.7 Å². The van der Waals surface area contributed by atoms with Crippen LogP contribution in [0.2, 0.25) is 5.02 Å². The Morgan fingerprint density at radius 2 is 1.76 bits per heavy atom. The van der Waals surface area contributed by atoms with Crippen LogP contribution in [0.15, 0.2) is 95.2 Å². The Kier molecular flexibility index (Phi) is 7.91. The van der Waals surface area contributed by atoms with E-state index in [0.29, 0.717) is 16.0 Å². The van der Waals surface area contributed by atoms with E-state index in [1.165, 1.54) is 11.8 Å². The van der Waals surface area contributed by atoms with Crippen molar-refractivity contribution in [2.75, 3.05) is 5.75 Å². The average molecular weight is 488 g/mol. The van der Waals surface area contributed by atoms with Crippen LogP contribution in [0.4, 0.5) is 0 Å². The molecule has 0 aliphatic rings. The lowest BCUT2D eigenvalue weighted by molar-refractivity contribution is -0.118. The first-order chi connectivity index (χ1) is 16.6. The van der Waals surface area contributed by atoms with Gasteiger partial charge in [0.05, 0.1) is 5.75 Å². The van der Waals surface area contributed by atoms with Gasteiger partial charge in [-0.2, -0.15) is 5.10 Å². The third kappa shape index (κ3) is 6.21. The highest BCUT2D eigenvalue weighted by molar-refractivity contribution is 7.99. The zero-order valence-corrected chi connectivity index (χ0v) is 20.0. The van der Waals surface area contributed by atoms with E-state index in [4.69, 9.17) is 11.6 Å². The Morgan fingerprint density at radius 1 is 1.03 bits per heavy atom. The molecule has 1 amide bonds. The largest absolute Gasteiger partial charge is 0.272 e. The first-order valence-corrected chi connectivity index (χ1v) is 11.9. The third-order valence-corrected chi connectivity index (χ3v) is 5.98. The summed E-state index contributed by atoms with van der Waals surface area (Å²) in [6.07, 6.45) is 5.22. The molecule has 0 bridgehead atoms. The minimum Gasteiger partial charge on any atom is -0.272 e. The zero-order valence-electron chi connectivity index (χ0n) is 18.4. The van der Waals surface area contributed by atoms with Crippen LogP contribution in [0, 0.1) is 6.92 Å². The van der Waals surface area contributed by atoms with Gasteiger partial charge in [0.1, 0.15) is 0 Å². The van der Waals surface area contributed by atoms with Crippen molar-refractivity contribution in [2.24, 2.45) is 5.10 Å². The highest BCUT2D eigenvalue weighted by Gasteiger charge is 2.17. The number of carbonyl (C=O) groups is 1. The second-order valence-electron chi connectivity index (χ2n) is 7.36. The van der Waals surface area contributed by atoms with Gasteiger partial charge in [-0.1, -0.05) is 89.6 Å². The van der Waals surface area contributed by atoms with Gasteiger partial charge in [0.15, 0.2) is 11.0 Å². The quantitative estimate of drug-likeness (QED) is 0.193. The number of aryl methyl sites for hydroxylation is 1. The number of hydrogen-bond acceptors (Lipinski definition) is 5. The summed E-state index contributed by atoms with van der Waals surface area (Å²) >= 11 is 7.36. The summed E-state index contributed by atoms with van der Waals surface area (Å²) in [6, 6.07) is 25.3. The van der Waals surface area contributed by atoms with Gasteiger partial charge in [-0.05, 0) is 42.8 Å². The van der Waals surface area contributed by atoms with E-state index in [1.807, 2.05) is 96.4 Å². The Bertz CT molecular complexity index is 1300. The van der Waals surface area contributed by atoms with Crippen LogP contribution < -0.4 is 5.43 Å². The van der Waals surface area contributed by atoms with Gasteiger partial charge >= 0.3 is 0 Å². The molecule has 1 aromatic heterocycles. The van der Waals surface area contributed by atoms with Crippen LogP contribution in [0.25, 0.3) is 23.2 Å². The maximum Gasteiger partial charge on any atom is 0.250 e. The monoisotopic (exact) mass is 487 g/mol. The lowest BCUT2D eigenvalue weighted by atomic mass is 10.1. The molecule has 4 aromatic rings. The van der Waals surface area contributed by atoms with Gasteiger partial charge in [0.25, 0.3) is 5.91 Å². The molecule has 4 rings (SSSR count). The van der Waals surface area contributed by atoms with Gasteiger partial charge < -0.3 is 0 Å². The molecule has 1 heterocycles. The molecule has 0 fully saturated rings. The summed E-state index contributed by atoms with van der Waals surface area (Å²) in [5.74, 6) is 0.588. The van der Waals surface area contributed by atoms with Gasteiger partial charge in [-0.25, -0.2) is 5.43 Å². The van der Waals surface area contributed by atoms with Crippen molar-refractivity contribution in [2.45, 2.75) is 12.1 Å². The van der Waals surface area contributed by atoms with Gasteiger partial charge in [0, 0.05) is 22.5 Å². The van der Waals surface area contributed by atoms with Crippen molar-refractivity contribution < 1.29 is 4.79 Å². The van der Waals surface area contributed by atoms with Crippen LogP contribution >= 0.6 is 23.4 Å². The molecule has 0 unspecified atom stereocenters. The summed E-state index contributed by atoms with van der Waals surface area (Å²) in [5, 5.41) is 13.9. The molecular formula is C26H22ClN5OS. The Hall–Kier alpha value is -3.68. The van der Waals surface area contributed by atoms with Crippen LogP contribution in [0.3, 0.4) is 0 Å². The highest BCUT2D eigenvalue weighted by atomic mass is 35.5. The number of hydrazone groups is 1. The lowest BCUT2D eigenvalue weighted by Gasteiger charge is -2.10. The molecule has 1 N–H and O–H groups in total. The van der Waals surface area contributed by atoms with Crippen LogP contribution in [0.5, 0.6) is 0 Å². The number of nitrogens with one attached hydrogen (secondary N) is 1. The first kappa shape index (κ1) is 23.5. The number of thioether (sulfide) groups is 1. The Balaban J connectivity index is 1.45. The summed E-state index contributed by atoms with van der Waals surface area (Å²) in [7, 11) is 0. The molecular weight excluding hydrogens is 466 g/mol. The molecule has 6 nitrogen and oxygen atoms in total. The molecule has 0 radical (unpaired) electrons. The molecule has 3 aromatic carbocycles. The van der Waals surface area contributed by atoms with Crippen LogP contribution in [0.1, 0.15) is 11.1 Å². The second-order valence-corrected chi connectivity index (χ2v) is 8.73. The minimum atomic E-state index is -0.239. The molecule has 0 saturated heterocycles. The predicted octanol–water partition coefficient (Wildman–Crippen LogP) is 5.80. The molecule has 0 saturated carbocycles. The summed E-state index contributed by atoms with van der Waals surface area (Å²) in [6.45, 7) is 2.04. The molecule has 0 atom stereocenters. The van der Waals surface area contributed by atoms with Gasteiger partial charge in [0.2, 0.25) is 0 Å². The molecule has 34 heavy (non-hydrogen) atoms. The number of aromatic nitrogens is 3. The van der Waals surface area contributed by atoms with Crippen molar-refractivity contribution >= 4 is 41.6 Å². The molecule has 0 aliphatic carbocycles. The van der Waals surface area contributed by atoms with Crippen molar-refractivity contribution in [1.29, 1.82) is 0 Å². The standard InChI is InChI=1S/C26H22ClN5OS/c1-19-9-11-21(12-10-19)25-30-31-26(32(25)23-15-13-22(27)14-16-23)34-18-24(33)29-28-17-5-8-20-6-3-2-4-7-20/h2-17H,18H2,1H3,(H,29,33)/b8-5+,28-17+. The second kappa shape index (κ2) is 11.4. The number of allylic oxidation sites excluding steroid dienone is 1. The fourth-order valence-corrected chi connectivity index (χ4v) is 3.98. The van der Waals surface area contributed by atoms with Crippen LogP contribution in [-0.4, -0.2) is 32.6 Å². The number of hydrogen-bond donors (Lipinski definition) is 1. The number of amides is 1. The fraction of sp³-hybridized carbons (Fsp3) is 0.0769. The molecule has 0 aliphatic heterocycles. The van der Waals surface area contributed by atoms with Crippen molar-refractivity contribution in [3.05, 3.63) is 101 Å². The summed E-state index contributed by atoms with van der Waals surface area (Å²) < 4.78 is 1.92. The number of nitrogens with zero attached hydrogens (tertiary/aromatic N) is 4. The number of benzene rings is 3. The maximum absolute atomic E-state index is 12.3. The van der Waals surface area contributed by atoms with Crippen molar-refractivity contribution in [1.82, 2.24) is 20.2 Å². The predicted molar refractivity (Wildman–Crippen MR) is 139 cm³/mol. The normalized spacial score (nSPS) is 11.4. The summed E-state index contributed by atoms with van der Waals surface area (Å²) in [4.78, 5) is 12.3. The lowest BCUT2D eigenvalue weighted by Crippen LogP contribution is -2.19. The smallest absolute Gasteiger partial charge is 0.250 e. The summed E-state index contributed by atoms with van der Waals surface area (Å²) in [5.41, 5.74) is 6.54. The highest BCUT2D eigenvalue weighted by Crippen LogP contribution is 2.28. The Morgan fingerprint density at radius 3 is 2.50 bits per heavy atom. The van der Waals surface area contributed by atoms with Crippen molar-refractivity contribution in [3.8, 4) is 17.1 Å². The third-order valence-electron chi connectivity index (χ3n) is 4.80. The number of carbonyl (C=O) groups excluding carboxylic acids is 1. The maximum atomic E-state index is 12.3. The number of rotatable bonds is 8. The van der Waals surface area contributed by atoms with E-state index in [0.717, 1.165) is 22.4 Å². The van der Waals surface area contributed by atoms with E-state index >= 15 is 0 Å². The molecule has 0 spiro atoms. The minimum absolute atomic E-state index is 0.138. The van der Waals surface area contributed by atoms with E-state index in [2.05, 4.69) is 20.7 Å². The average Bonchev–Trinajstić information content (AvgIpc) is 3.28. The fourth-order valence-electron chi connectivity index (χ4n) is 3.11. The molecule has 170 valence electrons. The van der Waals surface area contributed by atoms with E-state index in [1.54, 1.807) is 12.3 Å². The SMILES string of the molecule is Cc1ccc(-c2nnc(SCC(=O)N/N=C/C=C/c3ccccc3)n2-c2ccc(Cl)cc2)cc1.